The van der Waals surface area contributed by atoms with Crippen molar-refractivity contribution in [2.45, 2.75) is 0 Å². The van der Waals surface area contributed by atoms with Crippen LogP contribution in [0.25, 0.3) is 0 Å². The summed E-state index contributed by atoms with van der Waals surface area (Å²) in [6.45, 7) is 0. The van der Waals surface area contributed by atoms with Crippen LogP contribution in [0, 0.1) is 0 Å². The summed E-state index contributed by atoms with van der Waals surface area (Å²) in [4.78, 5) is 29.3. The van der Waals surface area contributed by atoms with Crippen LogP contribution in [0.1, 0.15) is 0 Å². The zero-order valence-corrected chi connectivity index (χ0v) is 3.87. The van der Waals surface area contributed by atoms with E-state index in [2.05, 4.69) is 0 Å². The van der Waals surface area contributed by atoms with Gasteiger partial charge in [0, 0.05) is 8.41 Å². The summed E-state index contributed by atoms with van der Waals surface area (Å²) in [5.74, 6) is 0. The fourth-order valence-electron chi connectivity index (χ4n) is 0. The van der Waals surface area contributed by atoms with Gasteiger partial charge in [-0.25, -0.2) is 0 Å². The molecule has 7 heavy (non-hydrogen) atoms. The van der Waals surface area contributed by atoms with Crippen LogP contribution >= 0.6 is 0 Å². The molecule has 0 aliphatic carbocycles. The third kappa shape index (κ3) is 148. The standard InChI is InChI=1S/B.Na.H4O4Si.H/c;;1-5(2,3)4;/h;;1-4H;. The average Bonchev–Trinajstić information content (AvgIpc) is 0.722. The van der Waals surface area contributed by atoms with Gasteiger partial charge in [-0.05, 0) is 0 Å². The molecule has 4 N–H and O–H groups in total. The van der Waals surface area contributed by atoms with E-state index in [1.165, 1.54) is 0 Å². The van der Waals surface area contributed by atoms with Crippen LogP contribution in [0.2, 0.25) is 0 Å². The molecule has 0 heterocycles. The molecule has 0 atom stereocenters. The van der Waals surface area contributed by atoms with Gasteiger partial charge in [-0.3, -0.25) is 0 Å². The van der Waals surface area contributed by atoms with Crippen LogP contribution in [-0.2, 0) is 0 Å². The molecule has 0 fully saturated rings. The Hall–Kier alpha value is 1.12. The van der Waals surface area contributed by atoms with E-state index in [4.69, 9.17) is 19.2 Å². The van der Waals surface area contributed by atoms with Crippen LogP contribution in [0.3, 0.4) is 0 Å². The van der Waals surface area contributed by atoms with Crippen LogP contribution in [0.15, 0.2) is 0 Å². The first-order valence-corrected chi connectivity index (χ1v) is 2.68. The monoisotopic (exact) mass is 131 g/mol. The third-order valence-electron chi connectivity index (χ3n) is 0. The van der Waals surface area contributed by atoms with E-state index in [1.807, 2.05) is 0 Å². The molecule has 0 rings (SSSR count). The summed E-state index contributed by atoms with van der Waals surface area (Å²) in [6.07, 6.45) is 0. The van der Waals surface area contributed by atoms with E-state index in [1.54, 1.807) is 0 Å². The number of rotatable bonds is 0. The van der Waals surface area contributed by atoms with Crippen molar-refractivity contribution in [3.8, 4) is 0 Å². The zero-order valence-electron chi connectivity index (χ0n) is 2.87. The van der Waals surface area contributed by atoms with E-state index in [9.17, 15) is 0 Å². The molecule has 37 valence electrons. The molecular weight excluding hydrogens is 126 g/mol. The molecule has 0 spiro atoms. The van der Waals surface area contributed by atoms with Gasteiger partial charge in [-0.2, -0.15) is 0 Å². The van der Waals surface area contributed by atoms with E-state index in [0.717, 1.165) is 0 Å². The molecule has 0 aromatic carbocycles. The van der Waals surface area contributed by atoms with E-state index >= 15 is 0 Å². The average molecular weight is 131 g/mol. The third-order valence-corrected chi connectivity index (χ3v) is 0. The molecule has 0 unspecified atom stereocenters. The van der Waals surface area contributed by atoms with Gasteiger partial charge < -0.3 is 19.2 Å². The van der Waals surface area contributed by atoms with Gasteiger partial charge in [0.05, 0.1) is 0 Å². The molecule has 0 saturated heterocycles. The van der Waals surface area contributed by atoms with Crippen molar-refractivity contribution in [1.82, 2.24) is 0 Å². The summed E-state index contributed by atoms with van der Waals surface area (Å²) in [5, 5.41) is 0. The molecule has 3 radical (unpaired) electrons. The Bertz CT molecular complexity index is 27.2. The van der Waals surface area contributed by atoms with E-state index in [0.29, 0.717) is 0 Å². The molecule has 0 saturated carbocycles. The Balaban J connectivity index is -0.0000000800. The molecule has 0 aliphatic rings. The summed E-state index contributed by atoms with van der Waals surface area (Å²) in [7, 11) is -4.61. The second-order valence-electron chi connectivity index (χ2n) is 0.600. The van der Waals surface area contributed by atoms with Crippen molar-refractivity contribution in [3.05, 3.63) is 0 Å². The first-order valence-electron chi connectivity index (χ1n) is 0.894. The van der Waals surface area contributed by atoms with Crippen LogP contribution in [0.5, 0.6) is 0 Å². The second kappa shape index (κ2) is 5.26. The van der Waals surface area contributed by atoms with Crippen LogP contribution < -0.4 is 0 Å². The Labute approximate surface area is 66.2 Å². The quantitative estimate of drug-likeness (QED) is 0.255. The van der Waals surface area contributed by atoms with Crippen molar-refractivity contribution in [3.63, 3.8) is 0 Å². The predicted octanol–water partition coefficient (Wildman–Crippen LogP) is -3.64. The Morgan fingerprint density at radius 3 is 0.857 bits per heavy atom. The molecule has 0 amide bonds. The van der Waals surface area contributed by atoms with Crippen molar-refractivity contribution >= 4 is 47.0 Å². The zero-order chi connectivity index (χ0) is 4.50. The van der Waals surface area contributed by atoms with Gasteiger partial charge in [0.2, 0.25) is 0 Å². The first-order chi connectivity index (χ1) is 2.00. The Kier molecular flexibility index (Phi) is 11.8. The molecule has 0 aliphatic heterocycles. The summed E-state index contributed by atoms with van der Waals surface area (Å²) in [6, 6.07) is 0. The normalized spacial score (nSPS) is 8.57. The maximum absolute atomic E-state index is 7.33. The van der Waals surface area contributed by atoms with Crippen molar-refractivity contribution in [2.75, 3.05) is 0 Å². The summed E-state index contributed by atoms with van der Waals surface area (Å²) in [5.41, 5.74) is 0. The number of hydrogen-bond donors (Lipinski definition) is 4. The molecule has 7 heteroatoms. The molecule has 0 bridgehead atoms. The summed E-state index contributed by atoms with van der Waals surface area (Å²) < 4.78 is 0. The maximum atomic E-state index is 7.33. The van der Waals surface area contributed by atoms with E-state index in [-0.39, 0.29) is 38.0 Å². The molecular formula is H5BNaO4Si. The van der Waals surface area contributed by atoms with Gasteiger partial charge in [0.1, 0.15) is 0 Å². The fourth-order valence-corrected chi connectivity index (χ4v) is 0. The Morgan fingerprint density at radius 2 is 0.857 bits per heavy atom. The van der Waals surface area contributed by atoms with Crippen molar-refractivity contribution < 1.29 is 19.2 Å². The topological polar surface area (TPSA) is 80.9 Å². The molecule has 0 aromatic heterocycles. The van der Waals surface area contributed by atoms with Gasteiger partial charge in [-0.1, -0.05) is 0 Å². The minimum atomic E-state index is -4.61. The van der Waals surface area contributed by atoms with E-state index < -0.39 is 9.05 Å². The van der Waals surface area contributed by atoms with Gasteiger partial charge in [-0.15, -0.1) is 0 Å². The van der Waals surface area contributed by atoms with Gasteiger partial charge in [0.15, 0.2) is 0 Å². The van der Waals surface area contributed by atoms with Gasteiger partial charge >= 0.3 is 38.6 Å². The van der Waals surface area contributed by atoms with Crippen molar-refractivity contribution in [1.29, 1.82) is 0 Å². The summed E-state index contributed by atoms with van der Waals surface area (Å²) >= 11 is 0. The van der Waals surface area contributed by atoms with Crippen molar-refractivity contribution in [2.24, 2.45) is 0 Å². The van der Waals surface area contributed by atoms with Crippen LogP contribution in [-0.4, -0.2) is 66.2 Å². The second-order valence-corrected chi connectivity index (χ2v) is 1.80. The van der Waals surface area contributed by atoms with Gasteiger partial charge in [0.25, 0.3) is 0 Å². The number of hydrogen-bond acceptors (Lipinski definition) is 4. The first kappa shape index (κ1) is 15.7. The predicted molar refractivity (Wildman–Crippen MR) is 27.5 cm³/mol. The SMILES string of the molecule is O[Si](O)(O)O.[B].[NaH]. The fraction of sp³-hybridized carbons (Fsp3) is 0. The molecule has 4 nitrogen and oxygen atoms in total. The Morgan fingerprint density at radius 1 is 0.857 bits per heavy atom. The van der Waals surface area contributed by atoms with Crippen LogP contribution in [0.4, 0.5) is 0 Å². The molecule has 0 aromatic rings. The minimum absolute atomic E-state index is 0.